The highest BCUT2D eigenvalue weighted by Gasteiger charge is 2.50. The van der Waals surface area contributed by atoms with Crippen molar-refractivity contribution in [3.05, 3.63) is 0 Å². The Bertz CT molecular complexity index is 690. The first-order chi connectivity index (χ1) is 18.6. The summed E-state index contributed by atoms with van der Waals surface area (Å²) in [5, 5.41) is 0. The molecule has 0 aromatic rings. The van der Waals surface area contributed by atoms with Gasteiger partial charge in [-0.25, -0.2) is 0 Å². The predicted octanol–water partition coefficient (Wildman–Crippen LogP) is 14.8. The van der Waals surface area contributed by atoms with Gasteiger partial charge >= 0.3 is 0 Å². The van der Waals surface area contributed by atoms with E-state index in [9.17, 15) is 0 Å². The lowest BCUT2D eigenvalue weighted by molar-refractivity contribution is -0.0638. The van der Waals surface area contributed by atoms with Crippen LogP contribution in [0.4, 0.5) is 0 Å². The van der Waals surface area contributed by atoms with Crippen LogP contribution in [0.3, 0.4) is 0 Å². The molecule has 0 spiro atoms. The molecule has 0 nitrogen and oxygen atoms in total. The summed E-state index contributed by atoms with van der Waals surface area (Å²) in [4.78, 5) is 0. The summed E-state index contributed by atoms with van der Waals surface area (Å²) in [5.41, 5.74) is 3.49. The topological polar surface area (TPSA) is 0 Å². The SMILES string of the molecule is CC(C)(C)C1(C(C)(C)C)CCCCC1.CC(C)(C)C1CCCC(C(C)(C)C)C1.CC(C)(C)C1CCCCC1C(C)(C)C. The van der Waals surface area contributed by atoms with Crippen molar-refractivity contribution in [3.63, 3.8) is 0 Å². The highest BCUT2D eigenvalue weighted by Crippen LogP contribution is 2.59. The van der Waals surface area contributed by atoms with Crippen LogP contribution < -0.4 is 0 Å². The molecular weight excluding hydrogens is 504 g/mol. The minimum absolute atomic E-state index is 0.450. The van der Waals surface area contributed by atoms with Crippen LogP contribution >= 0.6 is 0 Å². The molecule has 0 bridgehead atoms. The highest BCUT2D eigenvalue weighted by molar-refractivity contribution is 4.99. The van der Waals surface area contributed by atoms with Gasteiger partial charge in [0.05, 0.1) is 0 Å². The molecule has 4 unspecified atom stereocenters. The molecule has 3 rings (SSSR count). The average molecular weight is 589 g/mol. The molecule has 0 heteroatoms. The molecule has 3 fully saturated rings. The summed E-state index contributed by atoms with van der Waals surface area (Å²) in [6, 6.07) is 0. The van der Waals surface area contributed by atoms with E-state index in [2.05, 4.69) is 125 Å². The van der Waals surface area contributed by atoms with Gasteiger partial charge < -0.3 is 0 Å². The maximum atomic E-state index is 2.43. The quantitative estimate of drug-likeness (QED) is 0.264. The van der Waals surface area contributed by atoms with Crippen molar-refractivity contribution in [3.8, 4) is 0 Å². The van der Waals surface area contributed by atoms with E-state index in [-0.39, 0.29) is 0 Å². The molecule has 42 heavy (non-hydrogen) atoms. The van der Waals surface area contributed by atoms with Crippen molar-refractivity contribution < 1.29 is 0 Å². The Balaban J connectivity index is 0.000000315. The zero-order chi connectivity index (χ0) is 33.0. The maximum Gasteiger partial charge on any atom is -0.0200 e. The molecule has 252 valence electrons. The Hall–Kier alpha value is 0. The molecule has 4 atom stereocenters. The monoisotopic (exact) mass is 589 g/mol. The Kier molecular flexibility index (Phi) is 13.9. The predicted molar refractivity (Wildman–Crippen MR) is 193 cm³/mol. The van der Waals surface area contributed by atoms with Crippen LogP contribution in [-0.2, 0) is 0 Å². The van der Waals surface area contributed by atoms with Gasteiger partial charge in [0.2, 0.25) is 0 Å². The molecule has 0 aromatic carbocycles. The van der Waals surface area contributed by atoms with Crippen molar-refractivity contribution in [1.29, 1.82) is 0 Å². The molecule has 0 N–H and O–H groups in total. The summed E-state index contributed by atoms with van der Waals surface area (Å²) in [7, 11) is 0. The van der Waals surface area contributed by atoms with Gasteiger partial charge in [-0.3, -0.25) is 0 Å². The zero-order valence-corrected chi connectivity index (χ0v) is 33.0. The summed E-state index contributed by atoms with van der Waals surface area (Å²) >= 11 is 0. The smallest absolute Gasteiger partial charge is 0.0200 e. The van der Waals surface area contributed by atoms with E-state index >= 15 is 0 Å². The Morgan fingerprint density at radius 2 is 0.690 bits per heavy atom. The molecule has 3 aliphatic rings. The normalized spacial score (nSPS) is 28.1. The maximum absolute atomic E-state index is 2.43. The van der Waals surface area contributed by atoms with Crippen LogP contribution in [-0.4, -0.2) is 0 Å². The Morgan fingerprint density at radius 1 is 0.357 bits per heavy atom. The number of hydrogen-bond acceptors (Lipinski definition) is 0. The minimum atomic E-state index is 0.450. The summed E-state index contributed by atoms with van der Waals surface area (Å²) in [6.45, 7) is 43.5. The molecule has 0 saturated heterocycles. The van der Waals surface area contributed by atoms with Gasteiger partial charge in [-0.1, -0.05) is 163 Å². The van der Waals surface area contributed by atoms with Gasteiger partial charge in [0.1, 0.15) is 0 Å². The second-order valence-corrected chi connectivity index (χ2v) is 21.7. The lowest BCUT2D eigenvalue weighted by Crippen LogP contribution is -2.47. The second kappa shape index (κ2) is 14.6. The molecule has 3 aliphatic carbocycles. The van der Waals surface area contributed by atoms with Crippen molar-refractivity contribution in [2.75, 3.05) is 0 Å². The van der Waals surface area contributed by atoms with Crippen molar-refractivity contribution in [2.24, 2.45) is 61.6 Å². The Labute approximate surface area is 269 Å². The summed E-state index contributed by atoms with van der Waals surface area (Å²) in [6.07, 6.45) is 18.8. The fraction of sp³-hybridized carbons (Fsp3) is 1.00. The van der Waals surface area contributed by atoms with Gasteiger partial charge in [-0.05, 0) is 107 Å². The number of hydrogen-bond donors (Lipinski definition) is 0. The highest BCUT2D eigenvalue weighted by atomic mass is 14.5. The van der Waals surface area contributed by atoms with Crippen LogP contribution in [0.5, 0.6) is 0 Å². The molecule has 0 radical (unpaired) electrons. The van der Waals surface area contributed by atoms with Gasteiger partial charge in [-0.2, -0.15) is 0 Å². The first-order valence-electron chi connectivity index (χ1n) is 18.6. The minimum Gasteiger partial charge on any atom is -0.0599 e. The third-order valence-electron chi connectivity index (χ3n) is 12.7. The van der Waals surface area contributed by atoms with Gasteiger partial charge in [-0.15, -0.1) is 0 Å². The molecule has 0 amide bonds. The average Bonchev–Trinajstić information content (AvgIpc) is 2.82. The van der Waals surface area contributed by atoms with E-state index < -0.39 is 0 Å². The second-order valence-electron chi connectivity index (χ2n) is 21.7. The molecule has 0 aromatic heterocycles. The number of rotatable bonds is 0. The largest absolute Gasteiger partial charge is 0.0599 e. The molecule has 0 aliphatic heterocycles. The van der Waals surface area contributed by atoms with Gasteiger partial charge in [0.15, 0.2) is 0 Å². The van der Waals surface area contributed by atoms with Crippen molar-refractivity contribution in [1.82, 2.24) is 0 Å². The molecule has 0 heterocycles. The Morgan fingerprint density at radius 3 is 0.929 bits per heavy atom. The third kappa shape index (κ3) is 11.4. The van der Waals surface area contributed by atoms with E-state index in [0.29, 0.717) is 37.9 Å². The first kappa shape index (κ1) is 40.0. The summed E-state index contributed by atoms with van der Waals surface area (Å²) in [5.74, 6) is 3.74. The van der Waals surface area contributed by atoms with E-state index in [1.807, 2.05) is 0 Å². The lowest BCUT2D eigenvalue weighted by atomic mass is 9.49. The van der Waals surface area contributed by atoms with Crippen molar-refractivity contribution in [2.45, 2.75) is 208 Å². The molecular formula is C42H84. The van der Waals surface area contributed by atoms with Crippen LogP contribution in [0.25, 0.3) is 0 Å². The van der Waals surface area contributed by atoms with Crippen LogP contribution in [0.15, 0.2) is 0 Å². The van der Waals surface area contributed by atoms with Crippen LogP contribution in [0, 0.1) is 61.6 Å². The first-order valence-corrected chi connectivity index (χ1v) is 18.6. The standard InChI is InChI=1S/3C14H28/c1-13(2,3)11-8-7-9-12(10-11)14(4,5)6;1-13(2,3)11-9-7-8-10-12(11)14(4,5)6;1-12(2,3)14(13(4,5)6)10-8-7-9-11-14/h2*11-12H,7-10H2,1-6H3;7-11H2,1-6H3. The van der Waals surface area contributed by atoms with E-state index in [4.69, 9.17) is 0 Å². The van der Waals surface area contributed by atoms with E-state index in [1.54, 1.807) is 0 Å². The van der Waals surface area contributed by atoms with Crippen LogP contribution in [0.2, 0.25) is 0 Å². The van der Waals surface area contributed by atoms with E-state index in [1.165, 1.54) is 83.5 Å². The van der Waals surface area contributed by atoms with E-state index in [0.717, 1.165) is 23.7 Å². The zero-order valence-electron chi connectivity index (χ0n) is 33.0. The molecule has 3 saturated carbocycles. The third-order valence-corrected chi connectivity index (χ3v) is 12.7. The van der Waals surface area contributed by atoms with Gasteiger partial charge in [0, 0.05) is 0 Å². The van der Waals surface area contributed by atoms with Crippen molar-refractivity contribution >= 4 is 0 Å². The fourth-order valence-corrected chi connectivity index (χ4v) is 9.75. The van der Waals surface area contributed by atoms with Crippen LogP contribution in [0.1, 0.15) is 208 Å². The fourth-order valence-electron chi connectivity index (χ4n) is 9.75. The lowest BCUT2D eigenvalue weighted by Gasteiger charge is -2.56. The summed E-state index contributed by atoms with van der Waals surface area (Å²) < 4.78 is 0. The van der Waals surface area contributed by atoms with Gasteiger partial charge in [0.25, 0.3) is 0 Å².